The molecule has 0 atom stereocenters. The Balaban J connectivity index is 0.00000242. The van der Waals surface area contributed by atoms with Crippen LogP contribution in [0.15, 0.2) is 23.2 Å². The van der Waals surface area contributed by atoms with Gasteiger partial charge in [-0.2, -0.15) is 0 Å². The molecule has 0 radical (unpaired) electrons. The lowest BCUT2D eigenvalue weighted by molar-refractivity contribution is 0.0263. The Morgan fingerprint density at radius 2 is 2.14 bits per heavy atom. The van der Waals surface area contributed by atoms with Crippen molar-refractivity contribution >= 4 is 29.9 Å². The van der Waals surface area contributed by atoms with Crippen LogP contribution in [-0.2, 0) is 11.3 Å². The second-order valence-corrected chi connectivity index (χ2v) is 5.31. The van der Waals surface area contributed by atoms with E-state index in [4.69, 9.17) is 4.74 Å². The molecule has 124 valence electrons. The van der Waals surface area contributed by atoms with Crippen LogP contribution in [0.3, 0.4) is 0 Å². The van der Waals surface area contributed by atoms with Crippen molar-refractivity contribution in [3.05, 3.63) is 29.6 Å². The normalized spacial score (nSPS) is 16.3. The van der Waals surface area contributed by atoms with E-state index in [0.29, 0.717) is 12.6 Å². The van der Waals surface area contributed by atoms with Gasteiger partial charge in [0.2, 0.25) is 0 Å². The van der Waals surface area contributed by atoms with Crippen LogP contribution < -0.4 is 5.32 Å². The molecule has 0 spiro atoms. The SMILES string of the molecule is CCOC1CCN(C(=NC)NCc2cccc(C)n2)CC1.I. The van der Waals surface area contributed by atoms with Gasteiger partial charge in [-0.05, 0) is 38.8 Å². The minimum absolute atomic E-state index is 0. The molecule has 0 saturated carbocycles. The number of halogens is 1. The first-order chi connectivity index (χ1) is 10.2. The van der Waals surface area contributed by atoms with Gasteiger partial charge < -0.3 is 15.0 Å². The number of nitrogens with one attached hydrogen (secondary N) is 1. The zero-order valence-electron chi connectivity index (χ0n) is 13.7. The first kappa shape index (κ1) is 19.2. The van der Waals surface area contributed by atoms with E-state index < -0.39 is 0 Å². The Bertz CT molecular complexity index is 473. The second kappa shape index (κ2) is 9.99. The Hall–Kier alpha value is -0.890. The number of nitrogens with zero attached hydrogens (tertiary/aromatic N) is 3. The lowest BCUT2D eigenvalue weighted by Gasteiger charge is -2.34. The Morgan fingerprint density at radius 3 is 2.73 bits per heavy atom. The third-order valence-electron chi connectivity index (χ3n) is 3.73. The zero-order chi connectivity index (χ0) is 15.1. The molecule has 1 aliphatic rings. The predicted octanol–water partition coefficient (Wildman–Crippen LogP) is 2.58. The summed E-state index contributed by atoms with van der Waals surface area (Å²) < 4.78 is 5.69. The maximum absolute atomic E-state index is 5.69. The molecule has 0 aliphatic carbocycles. The Labute approximate surface area is 150 Å². The molecule has 1 fully saturated rings. The van der Waals surface area contributed by atoms with Gasteiger partial charge in [0.25, 0.3) is 0 Å². The van der Waals surface area contributed by atoms with E-state index >= 15 is 0 Å². The van der Waals surface area contributed by atoms with Crippen molar-refractivity contribution in [2.75, 3.05) is 26.7 Å². The molecule has 2 rings (SSSR count). The van der Waals surface area contributed by atoms with E-state index in [-0.39, 0.29) is 24.0 Å². The molecule has 0 bridgehead atoms. The largest absolute Gasteiger partial charge is 0.378 e. The van der Waals surface area contributed by atoms with E-state index in [0.717, 1.165) is 49.9 Å². The van der Waals surface area contributed by atoms with E-state index in [1.54, 1.807) is 0 Å². The molecule has 1 aliphatic heterocycles. The molecule has 0 amide bonds. The molecule has 1 aromatic rings. The molecule has 0 unspecified atom stereocenters. The predicted molar refractivity (Wildman–Crippen MR) is 101 cm³/mol. The van der Waals surface area contributed by atoms with Crippen molar-refractivity contribution in [2.24, 2.45) is 4.99 Å². The van der Waals surface area contributed by atoms with Crippen LogP contribution >= 0.6 is 24.0 Å². The second-order valence-electron chi connectivity index (χ2n) is 5.31. The van der Waals surface area contributed by atoms with E-state index in [1.165, 1.54) is 0 Å². The first-order valence-corrected chi connectivity index (χ1v) is 7.72. The van der Waals surface area contributed by atoms with Crippen LogP contribution in [0.1, 0.15) is 31.2 Å². The van der Waals surface area contributed by atoms with Crippen LogP contribution in [0.4, 0.5) is 0 Å². The summed E-state index contributed by atoms with van der Waals surface area (Å²) in [4.78, 5) is 11.2. The Morgan fingerprint density at radius 1 is 1.41 bits per heavy atom. The fraction of sp³-hybridized carbons (Fsp3) is 0.625. The van der Waals surface area contributed by atoms with Gasteiger partial charge in [-0.1, -0.05) is 6.07 Å². The first-order valence-electron chi connectivity index (χ1n) is 7.72. The van der Waals surface area contributed by atoms with Gasteiger partial charge in [0, 0.05) is 32.4 Å². The summed E-state index contributed by atoms with van der Waals surface area (Å²) in [5.41, 5.74) is 2.09. The number of aryl methyl sites for hydroxylation is 1. The summed E-state index contributed by atoms with van der Waals surface area (Å²) in [6.45, 7) is 7.56. The van der Waals surface area contributed by atoms with Crippen molar-refractivity contribution < 1.29 is 4.74 Å². The lowest BCUT2D eigenvalue weighted by atomic mass is 10.1. The number of guanidine groups is 1. The number of aromatic nitrogens is 1. The van der Waals surface area contributed by atoms with Crippen LogP contribution in [0, 0.1) is 6.92 Å². The monoisotopic (exact) mass is 418 g/mol. The van der Waals surface area contributed by atoms with Gasteiger partial charge in [-0.15, -0.1) is 24.0 Å². The van der Waals surface area contributed by atoms with Crippen LogP contribution in [-0.4, -0.2) is 48.7 Å². The molecule has 0 aromatic carbocycles. The summed E-state index contributed by atoms with van der Waals surface area (Å²) in [5, 5.41) is 3.40. The molecule has 1 saturated heterocycles. The van der Waals surface area contributed by atoms with E-state index in [1.807, 2.05) is 32.2 Å². The number of hydrogen-bond acceptors (Lipinski definition) is 3. The molecular weight excluding hydrogens is 391 g/mol. The average Bonchev–Trinajstić information content (AvgIpc) is 2.50. The van der Waals surface area contributed by atoms with E-state index in [9.17, 15) is 0 Å². The van der Waals surface area contributed by atoms with Crippen LogP contribution in [0.25, 0.3) is 0 Å². The molecule has 1 N–H and O–H groups in total. The highest BCUT2D eigenvalue weighted by Gasteiger charge is 2.21. The molecular formula is C16H27IN4O. The maximum Gasteiger partial charge on any atom is 0.193 e. The number of ether oxygens (including phenoxy) is 1. The summed E-state index contributed by atoms with van der Waals surface area (Å²) in [6.07, 6.45) is 2.54. The molecule has 5 nitrogen and oxygen atoms in total. The number of piperidine rings is 1. The van der Waals surface area contributed by atoms with Gasteiger partial charge in [-0.3, -0.25) is 9.98 Å². The smallest absolute Gasteiger partial charge is 0.193 e. The summed E-state index contributed by atoms with van der Waals surface area (Å²) in [5.74, 6) is 0.952. The van der Waals surface area contributed by atoms with Crippen molar-refractivity contribution in [1.82, 2.24) is 15.2 Å². The quantitative estimate of drug-likeness (QED) is 0.464. The third kappa shape index (κ3) is 5.72. The topological polar surface area (TPSA) is 49.8 Å². The van der Waals surface area contributed by atoms with Crippen molar-refractivity contribution in [2.45, 2.75) is 39.3 Å². The van der Waals surface area contributed by atoms with Gasteiger partial charge in [-0.25, -0.2) is 0 Å². The fourth-order valence-electron chi connectivity index (χ4n) is 2.67. The van der Waals surface area contributed by atoms with Crippen molar-refractivity contribution in [1.29, 1.82) is 0 Å². The number of rotatable bonds is 4. The average molecular weight is 418 g/mol. The molecule has 22 heavy (non-hydrogen) atoms. The summed E-state index contributed by atoms with van der Waals surface area (Å²) >= 11 is 0. The van der Waals surface area contributed by atoms with Gasteiger partial charge >= 0.3 is 0 Å². The molecule has 2 heterocycles. The zero-order valence-corrected chi connectivity index (χ0v) is 16.0. The summed E-state index contributed by atoms with van der Waals surface area (Å²) in [6, 6.07) is 6.08. The standard InChI is InChI=1S/C16H26N4O.HI/c1-4-21-15-8-10-20(11-9-15)16(17-3)18-12-14-7-5-6-13(2)19-14;/h5-7,15H,4,8-12H2,1-3H3,(H,17,18);1H. The number of aliphatic imine (C=N–C) groups is 1. The third-order valence-corrected chi connectivity index (χ3v) is 3.73. The highest BCUT2D eigenvalue weighted by atomic mass is 127. The van der Waals surface area contributed by atoms with E-state index in [2.05, 4.69) is 27.1 Å². The van der Waals surface area contributed by atoms with Gasteiger partial charge in [0.1, 0.15) is 0 Å². The van der Waals surface area contributed by atoms with Crippen LogP contribution in [0.2, 0.25) is 0 Å². The lowest BCUT2D eigenvalue weighted by Crippen LogP contribution is -2.46. The number of pyridine rings is 1. The fourth-order valence-corrected chi connectivity index (χ4v) is 2.67. The van der Waals surface area contributed by atoms with Crippen LogP contribution in [0.5, 0.6) is 0 Å². The molecule has 1 aromatic heterocycles. The van der Waals surface area contributed by atoms with Crippen molar-refractivity contribution in [3.8, 4) is 0 Å². The maximum atomic E-state index is 5.69. The minimum atomic E-state index is 0. The number of hydrogen-bond donors (Lipinski definition) is 1. The van der Waals surface area contributed by atoms with Crippen molar-refractivity contribution in [3.63, 3.8) is 0 Å². The molecule has 6 heteroatoms. The number of likely N-dealkylation sites (tertiary alicyclic amines) is 1. The Kier molecular flexibility index (Phi) is 8.70. The van der Waals surface area contributed by atoms with Gasteiger partial charge in [0.05, 0.1) is 18.3 Å². The minimum Gasteiger partial charge on any atom is -0.378 e. The van der Waals surface area contributed by atoms with Gasteiger partial charge in [0.15, 0.2) is 5.96 Å². The summed E-state index contributed by atoms with van der Waals surface area (Å²) in [7, 11) is 1.83. The highest BCUT2D eigenvalue weighted by molar-refractivity contribution is 14.0. The highest BCUT2D eigenvalue weighted by Crippen LogP contribution is 2.13.